The Kier molecular flexibility index (Phi) is 11.5. The lowest BCUT2D eigenvalue weighted by Gasteiger charge is -2.42. The van der Waals surface area contributed by atoms with Gasteiger partial charge in [0.25, 0.3) is 0 Å². The molecular formula is C21H24F17NO. The predicted molar refractivity (Wildman–Crippen MR) is 105 cm³/mol. The molecule has 0 unspecified atom stereocenters. The van der Waals surface area contributed by atoms with Gasteiger partial charge in [0.2, 0.25) is 5.91 Å². The van der Waals surface area contributed by atoms with Crippen LogP contribution in [0.5, 0.6) is 0 Å². The molecule has 0 aliphatic rings. The normalized spacial score (nSPS) is 14.9. The van der Waals surface area contributed by atoms with Crippen LogP contribution in [0.25, 0.3) is 0 Å². The maximum Gasteiger partial charge on any atom is 0.460 e. The summed E-state index contributed by atoms with van der Waals surface area (Å²) in [5.74, 6) is -56.6. The van der Waals surface area contributed by atoms with Gasteiger partial charge in [-0.15, -0.1) is 0 Å². The second-order valence-corrected chi connectivity index (χ2v) is 8.89. The van der Waals surface area contributed by atoms with Crippen molar-refractivity contribution in [2.75, 3.05) is 13.1 Å². The van der Waals surface area contributed by atoms with Gasteiger partial charge >= 0.3 is 47.6 Å². The highest BCUT2D eigenvalue weighted by atomic mass is 19.4. The molecule has 0 radical (unpaired) electrons. The third-order valence-electron chi connectivity index (χ3n) is 5.60. The molecule has 0 aromatic carbocycles. The summed E-state index contributed by atoms with van der Waals surface area (Å²) >= 11 is 0. The van der Waals surface area contributed by atoms with Gasteiger partial charge in [-0.05, 0) is 26.2 Å². The van der Waals surface area contributed by atoms with Crippen LogP contribution in [0.1, 0.15) is 52.4 Å². The minimum atomic E-state index is -8.62. The van der Waals surface area contributed by atoms with Crippen LogP contribution in [-0.4, -0.2) is 71.5 Å². The lowest BCUT2D eigenvalue weighted by molar-refractivity contribution is -0.461. The molecule has 1 amide bonds. The summed E-state index contributed by atoms with van der Waals surface area (Å²) in [5, 5.41) is 0. The van der Waals surface area contributed by atoms with Crippen LogP contribution < -0.4 is 0 Å². The maximum absolute atomic E-state index is 13.9. The number of alkyl halides is 17. The minimum absolute atomic E-state index is 0.00222. The van der Waals surface area contributed by atoms with Crippen LogP contribution in [-0.2, 0) is 4.79 Å². The highest BCUT2D eigenvalue weighted by molar-refractivity contribution is 5.92. The van der Waals surface area contributed by atoms with Crippen molar-refractivity contribution >= 4 is 5.91 Å². The SMILES string of the molecule is C=C(C)C(=O)N(CCC)CCCCCCC(F)(F)C(F)(F)C(F)(F)C(F)(F)C(F)(F)C(F)(F)C(F)(F)C(F)(F)F. The zero-order valence-electron chi connectivity index (χ0n) is 20.6. The van der Waals surface area contributed by atoms with Gasteiger partial charge in [-0.3, -0.25) is 4.79 Å². The Balaban J connectivity index is 5.73. The van der Waals surface area contributed by atoms with E-state index in [4.69, 9.17) is 0 Å². The summed E-state index contributed by atoms with van der Waals surface area (Å²) in [4.78, 5) is 13.2. The van der Waals surface area contributed by atoms with Gasteiger partial charge in [-0.1, -0.05) is 26.3 Å². The molecule has 0 spiro atoms. The molecule has 19 heteroatoms. The van der Waals surface area contributed by atoms with Gasteiger partial charge in [-0.2, -0.15) is 74.6 Å². The quantitative estimate of drug-likeness (QED) is 0.0950. The van der Waals surface area contributed by atoms with E-state index in [1.165, 1.54) is 11.8 Å². The summed E-state index contributed by atoms with van der Waals surface area (Å²) in [6, 6.07) is 0. The summed E-state index contributed by atoms with van der Waals surface area (Å²) in [6.07, 6.45) is -11.5. The minimum Gasteiger partial charge on any atom is -0.339 e. The Bertz CT molecular complexity index is 879. The van der Waals surface area contributed by atoms with E-state index in [1.54, 1.807) is 6.92 Å². The maximum atomic E-state index is 13.9. The second kappa shape index (κ2) is 12.1. The number of rotatable bonds is 16. The van der Waals surface area contributed by atoms with E-state index in [9.17, 15) is 79.4 Å². The number of halogens is 17. The van der Waals surface area contributed by atoms with Gasteiger partial charge < -0.3 is 4.90 Å². The highest BCUT2D eigenvalue weighted by Crippen LogP contribution is 2.64. The summed E-state index contributed by atoms with van der Waals surface area (Å²) < 4.78 is 225. The molecule has 0 N–H and O–H groups in total. The van der Waals surface area contributed by atoms with Gasteiger partial charge in [0.15, 0.2) is 0 Å². The largest absolute Gasteiger partial charge is 0.460 e. The number of nitrogens with zero attached hydrogens (tertiary/aromatic N) is 1. The van der Waals surface area contributed by atoms with E-state index in [0.717, 1.165) is 0 Å². The Hall–Kier alpha value is -1.98. The van der Waals surface area contributed by atoms with Gasteiger partial charge in [0, 0.05) is 25.1 Å². The lowest BCUT2D eigenvalue weighted by Crippen LogP contribution is -2.74. The molecular weight excluding hydrogens is 605 g/mol. The Morgan fingerprint density at radius 1 is 0.575 bits per heavy atom. The first kappa shape index (κ1) is 38.0. The van der Waals surface area contributed by atoms with Crippen molar-refractivity contribution < 1.29 is 79.4 Å². The smallest absolute Gasteiger partial charge is 0.339 e. The standard InChI is InChI=1S/C21H24F17NO/c1-4-10-39(13(40)12(2)3)11-8-6-5-7-9-14(22,23)15(24,25)16(26,27)17(28,29)18(30,31)19(32,33)20(34,35)21(36,37)38/h2,4-11H2,1,3H3. The van der Waals surface area contributed by atoms with Crippen LogP contribution >= 0.6 is 0 Å². The molecule has 0 aromatic heterocycles. The molecule has 0 fully saturated rings. The van der Waals surface area contributed by atoms with Crippen molar-refractivity contribution in [3.05, 3.63) is 12.2 Å². The Labute approximate surface area is 216 Å². The van der Waals surface area contributed by atoms with E-state index in [0.29, 0.717) is 6.42 Å². The average molecular weight is 629 g/mol. The molecule has 0 aliphatic carbocycles. The summed E-state index contributed by atoms with van der Waals surface area (Å²) in [6.45, 7) is 6.73. The van der Waals surface area contributed by atoms with Crippen molar-refractivity contribution in [3.8, 4) is 0 Å². The molecule has 2 nitrogen and oxygen atoms in total. The van der Waals surface area contributed by atoms with E-state index >= 15 is 0 Å². The molecule has 0 bridgehead atoms. The predicted octanol–water partition coefficient (Wildman–Crippen LogP) is 8.76. The van der Waals surface area contributed by atoms with Crippen LogP contribution in [0.3, 0.4) is 0 Å². The van der Waals surface area contributed by atoms with Crippen LogP contribution in [0.4, 0.5) is 74.6 Å². The fourth-order valence-corrected chi connectivity index (χ4v) is 3.21. The molecule has 0 atom stereocenters. The first-order chi connectivity index (χ1) is 17.5. The molecule has 0 aromatic rings. The van der Waals surface area contributed by atoms with E-state index < -0.39 is 72.8 Å². The lowest BCUT2D eigenvalue weighted by atomic mass is 9.88. The number of amides is 1. The van der Waals surface area contributed by atoms with Crippen molar-refractivity contribution in [1.82, 2.24) is 4.90 Å². The fraction of sp³-hybridized carbons (Fsp3) is 0.857. The van der Waals surface area contributed by atoms with Gasteiger partial charge in [0.05, 0.1) is 0 Å². The van der Waals surface area contributed by atoms with Crippen molar-refractivity contribution in [2.24, 2.45) is 0 Å². The zero-order chi connectivity index (χ0) is 32.4. The Morgan fingerprint density at radius 2 is 0.950 bits per heavy atom. The molecule has 0 aliphatic heterocycles. The van der Waals surface area contributed by atoms with E-state index in [-0.39, 0.29) is 31.5 Å². The summed E-state index contributed by atoms with van der Waals surface area (Å²) in [7, 11) is 0. The molecule has 40 heavy (non-hydrogen) atoms. The van der Waals surface area contributed by atoms with Crippen molar-refractivity contribution in [3.63, 3.8) is 0 Å². The third-order valence-corrected chi connectivity index (χ3v) is 5.60. The van der Waals surface area contributed by atoms with Gasteiger partial charge in [0.1, 0.15) is 0 Å². The first-order valence-electron chi connectivity index (χ1n) is 11.2. The second-order valence-electron chi connectivity index (χ2n) is 8.89. The monoisotopic (exact) mass is 629 g/mol. The molecule has 238 valence electrons. The molecule has 0 heterocycles. The topological polar surface area (TPSA) is 20.3 Å². The van der Waals surface area contributed by atoms with Crippen LogP contribution in [0.2, 0.25) is 0 Å². The highest BCUT2D eigenvalue weighted by Gasteiger charge is 2.95. The summed E-state index contributed by atoms with van der Waals surface area (Å²) in [5.41, 5.74) is 0.138. The number of unbranched alkanes of at least 4 members (excludes halogenated alkanes) is 3. The fourth-order valence-electron chi connectivity index (χ4n) is 3.21. The molecule has 0 saturated carbocycles. The number of carbonyl (C=O) groups excluding carboxylic acids is 1. The van der Waals surface area contributed by atoms with Crippen LogP contribution in [0.15, 0.2) is 12.2 Å². The zero-order valence-corrected chi connectivity index (χ0v) is 20.6. The average Bonchev–Trinajstić information content (AvgIpc) is 2.78. The van der Waals surface area contributed by atoms with Crippen molar-refractivity contribution in [1.29, 1.82) is 0 Å². The van der Waals surface area contributed by atoms with E-state index in [1.807, 2.05) is 0 Å². The van der Waals surface area contributed by atoms with Crippen LogP contribution in [0, 0.1) is 0 Å². The molecule has 0 rings (SSSR count). The van der Waals surface area contributed by atoms with Crippen molar-refractivity contribution in [2.45, 2.75) is 100 Å². The van der Waals surface area contributed by atoms with E-state index in [2.05, 4.69) is 6.58 Å². The third kappa shape index (κ3) is 6.57. The number of carbonyl (C=O) groups is 1. The molecule has 0 saturated heterocycles. The number of hydrogen-bond acceptors (Lipinski definition) is 1. The Morgan fingerprint density at radius 3 is 1.32 bits per heavy atom. The number of hydrogen-bond donors (Lipinski definition) is 0. The first-order valence-corrected chi connectivity index (χ1v) is 11.2. The van der Waals surface area contributed by atoms with Gasteiger partial charge in [-0.25, -0.2) is 0 Å².